The molecule has 0 aromatic rings. The van der Waals surface area contributed by atoms with Gasteiger partial charge in [-0.25, -0.2) is 4.79 Å². The number of piperidine rings is 1. The third-order valence-corrected chi connectivity index (χ3v) is 3.57. The quantitative estimate of drug-likeness (QED) is 0.647. The maximum atomic E-state index is 12.0. The largest absolute Gasteiger partial charge is 0.481 e. The number of nitrogens with zero attached hydrogens (tertiary/aromatic N) is 1. The smallest absolute Gasteiger partial charge is 0.317 e. The normalized spacial score (nSPS) is 18.1. The van der Waals surface area contributed by atoms with Crippen molar-refractivity contribution in [3.8, 4) is 0 Å². The Bertz CT molecular complexity index is 373. The van der Waals surface area contributed by atoms with Crippen LogP contribution in [-0.2, 0) is 9.59 Å². The number of aliphatic carboxylic acids is 1. The molecule has 1 aliphatic heterocycles. The van der Waals surface area contributed by atoms with Gasteiger partial charge >= 0.3 is 12.0 Å². The van der Waals surface area contributed by atoms with Crippen molar-refractivity contribution in [2.75, 3.05) is 26.2 Å². The first kappa shape index (κ1) is 17.3. The Morgan fingerprint density at radius 3 is 2.67 bits per heavy atom. The second-order valence-corrected chi connectivity index (χ2v) is 5.32. The molecule has 3 N–H and O–H groups in total. The van der Waals surface area contributed by atoms with Gasteiger partial charge in [-0.3, -0.25) is 9.59 Å². The van der Waals surface area contributed by atoms with Crippen LogP contribution in [0.1, 0.15) is 39.0 Å². The molecule has 0 spiro atoms. The molecule has 0 radical (unpaired) electrons. The maximum Gasteiger partial charge on any atom is 0.317 e. The standard InChI is InChI=1S/C14H25N3O4/c1-2-15-12(18)7-8-16-14(21)17-9-3-4-11(10-17)5-6-13(19)20/h11H,2-10H2,1H3,(H,15,18)(H,16,21)(H,19,20). The van der Waals surface area contributed by atoms with Crippen molar-refractivity contribution in [3.05, 3.63) is 0 Å². The summed E-state index contributed by atoms with van der Waals surface area (Å²) < 4.78 is 0. The predicted octanol–water partition coefficient (Wildman–Crippen LogP) is 0.799. The van der Waals surface area contributed by atoms with Gasteiger partial charge in [0.1, 0.15) is 0 Å². The van der Waals surface area contributed by atoms with Crippen LogP contribution in [0, 0.1) is 5.92 Å². The van der Waals surface area contributed by atoms with Gasteiger partial charge in [0, 0.05) is 39.0 Å². The van der Waals surface area contributed by atoms with Crippen LogP contribution in [0.4, 0.5) is 4.79 Å². The molecule has 3 amide bonds. The van der Waals surface area contributed by atoms with Crippen LogP contribution in [0.15, 0.2) is 0 Å². The van der Waals surface area contributed by atoms with Gasteiger partial charge in [-0.1, -0.05) is 0 Å². The fraction of sp³-hybridized carbons (Fsp3) is 0.786. The van der Waals surface area contributed by atoms with Gasteiger partial charge < -0.3 is 20.6 Å². The third kappa shape index (κ3) is 6.97. The van der Waals surface area contributed by atoms with E-state index in [1.807, 2.05) is 6.92 Å². The Labute approximate surface area is 125 Å². The van der Waals surface area contributed by atoms with E-state index in [0.717, 1.165) is 12.8 Å². The zero-order chi connectivity index (χ0) is 15.7. The van der Waals surface area contributed by atoms with E-state index in [1.54, 1.807) is 4.90 Å². The molecule has 0 bridgehead atoms. The first-order chi connectivity index (χ1) is 10.0. The van der Waals surface area contributed by atoms with E-state index in [1.165, 1.54) is 0 Å². The molecule has 0 saturated carbocycles. The summed E-state index contributed by atoms with van der Waals surface area (Å²) in [6.07, 6.45) is 2.90. The molecule has 7 heteroatoms. The number of rotatable bonds is 7. The number of hydrogen-bond acceptors (Lipinski definition) is 3. The highest BCUT2D eigenvalue weighted by molar-refractivity contribution is 5.78. The van der Waals surface area contributed by atoms with Gasteiger partial charge in [0.15, 0.2) is 0 Å². The Hall–Kier alpha value is -1.79. The van der Waals surface area contributed by atoms with Crippen molar-refractivity contribution in [1.82, 2.24) is 15.5 Å². The highest BCUT2D eigenvalue weighted by atomic mass is 16.4. The van der Waals surface area contributed by atoms with Crippen LogP contribution < -0.4 is 10.6 Å². The topological polar surface area (TPSA) is 98.7 Å². The van der Waals surface area contributed by atoms with Gasteiger partial charge in [-0.05, 0) is 32.1 Å². The van der Waals surface area contributed by atoms with Crippen LogP contribution in [-0.4, -0.2) is 54.1 Å². The molecule has 120 valence electrons. The summed E-state index contributed by atoms with van der Waals surface area (Å²) in [7, 11) is 0. The first-order valence-electron chi connectivity index (χ1n) is 7.54. The fourth-order valence-electron chi connectivity index (χ4n) is 2.49. The van der Waals surface area contributed by atoms with Crippen molar-refractivity contribution >= 4 is 17.9 Å². The molecule has 1 unspecified atom stereocenters. The number of nitrogens with one attached hydrogen (secondary N) is 2. The average Bonchev–Trinajstić information content (AvgIpc) is 2.45. The summed E-state index contributed by atoms with van der Waals surface area (Å²) in [5.41, 5.74) is 0. The highest BCUT2D eigenvalue weighted by Crippen LogP contribution is 2.20. The molecule has 1 saturated heterocycles. The highest BCUT2D eigenvalue weighted by Gasteiger charge is 2.23. The summed E-state index contributed by atoms with van der Waals surface area (Å²) in [6, 6.07) is -0.167. The van der Waals surface area contributed by atoms with Crippen LogP contribution in [0.2, 0.25) is 0 Å². The van der Waals surface area contributed by atoms with Crippen LogP contribution >= 0.6 is 0 Å². The number of carboxylic acid groups (broad SMARTS) is 1. The van der Waals surface area contributed by atoms with Crippen molar-refractivity contribution in [1.29, 1.82) is 0 Å². The minimum atomic E-state index is -0.793. The Morgan fingerprint density at radius 1 is 1.24 bits per heavy atom. The summed E-state index contributed by atoms with van der Waals surface area (Å²) in [5.74, 6) is -0.613. The monoisotopic (exact) mass is 299 g/mol. The Balaban J connectivity index is 2.26. The van der Waals surface area contributed by atoms with Gasteiger partial charge in [0.2, 0.25) is 5.91 Å². The summed E-state index contributed by atoms with van der Waals surface area (Å²) in [6.45, 7) is 4.05. The summed E-state index contributed by atoms with van der Waals surface area (Å²) in [5, 5.41) is 14.1. The molecule has 1 heterocycles. The second-order valence-electron chi connectivity index (χ2n) is 5.32. The summed E-state index contributed by atoms with van der Waals surface area (Å²) in [4.78, 5) is 35.6. The zero-order valence-corrected chi connectivity index (χ0v) is 12.6. The van der Waals surface area contributed by atoms with E-state index in [4.69, 9.17) is 5.11 Å². The SMILES string of the molecule is CCNC(=O)CCNC(=O)N1CCCC(CCC(=O)O)C1. The van der Waals surface area contributed by atoms with Crippen LogP contribution in [0.5, 0.6) is 0 Å². The van der Waals surface area contributed by atoms with E-state index in [-0.39, 0.29) is 30.7 Å². The van der Waals surface area contributed by atoms with Crippen molar-refractivity contribution in [2.45, 2.75) is 39.0 Å². The molecular weight excluding hydrogens is 274 g/mol. The van der Waals surface area contributed by atoms with Gasteiger partial charge in [0.05, 0.1) is 0 Å². The number of amides is 3. The van der Waals surface area contributed by atoms with Gasteiger partial charge in [0.25, 0.3) is 0 Å². The fourth-order valence-corrected chi connectivity index (χ4v) is 2.49. The number of urea groups is 1. The molecule has 0 aromatic heterocycles. The number of carbonyl (C=O) groups excluding carboxylic acids is 2. The minimum Gasteiger partial charge on any atom is -0.481 e. The van der Waals surface area contributed by atoms with E-state index < -0.39 is 5.97 Å². The molecule has 1 aliphatic rings. The number of carboxylic acids is 1. The second kappa shape index (κ2) is 9.20. The molecule has 0 aliphatic carbocycles. The van der Waals surface area contributed by atoms with Crippen LogP contribution in [0.3, 0.4) is 0 Å². The minimum absolute atomic E-state index is 0.0734. The molecule has 7 nitrogen and oxygen atoms in total. The van der Waals surface area contributed by atoms with E-state index in [2.05, 4.69) is 10.6 Å². The predicted molar refractivity (Wildman–Crippen MR) is 77.9 cm³/mol. The molecule has 1 rings (SSSR count). The van der Waals surface area contributed by atoms with Crippen molar-refractivity contribution < 1.29 is 19.5 Å². The van der Waals surface area contributed by atoms with E-state index in [9.17, 15) is 14.4 Å². The lowest BCUT2D eigenvalue weighted by Gasteiger charge is -2.32. The summed E-state index contributed by atoms with van der Waals surface area (Å²) >= 11 is 0. The third-order valence-electron chi connectivity index (χ3n) is 3.57. The number of likely N-dealkylation sites (tertiary alicyclic amines) is 1. The molecule has 1 fully saturated rings. The average molecular weight is 299 g/mol. The molecular formula is C14H25N3O4. The maximum absolute atomic E-state index is 12.0. The van der Waals surface area contributed by atoms with E-state index in [0.29, 0.717) is 32.6 Å². The van der Waals surface area contributed by atoms with E-state index >= 15 is 0 Å². The Morgan fingerprint density at radius 2 is 2.00 bits per heavy atom. The van der Waals surface area contributed by atoms with Crippen molar-refractivity contribution in [3.63, 3.8) is 0 Å². The van der Waals surface area contributed by atoms with Crippen LogP contribution in [0.25, 0.3) is 0 Å². The molecule has 1 atom stereocenters. The molecule has 21 heavy (non-hydrogen) atoms. The lowest BCUT2D eigenvalue weighted by molar-refractivity contribution is -0.137. The first-order valence-corrected chi connectivity index (χ1v) is 7.54. The lowest BCUT2D eigenvalue weighted by Crippen LogP contribution is -2.46. The van der Waals surface area contributed by atoms with Gasteiger partial charge in [-0.15, -0.1) is 0 Å². The molecule has 0 aromatic carbocycles. The lowest BCUT2D eigenvalue weighted by atomic mass is 9.93. The van der Waals surface area contributed by atoms with Gasteiger partial charge in [-0.2, -0.15) is 0 Å². The number of hydrogen-bond donors (Lipinski definition) is 3. The number of carbonyl (C=O) groups is 3. The zero-order valence-electron chi connectivity index (χ0n) is 12.6. The Kier molecular flexibility index (Phi) is 7.56. The van der Waals surface area contributed by atoms with Crippen molar-refractivity contribution in [2.24, 2.45) is 5.92 Å².